The van der Waals surface area contributed by atoms with Crippen LogP contribution in [0.1, 0.15) is 53.5 Å². The first-order chi connectivity index (χ1) is 13.9. The average molecular weight is 423 g/mol. The van der Waals surface area contributed by atoms with Gasteiger partial charge in [0.1, 0.15) is 17.8 Å². The molecule has 168 valence electrons. The monoisotopic (exact) mass is 422 g/mol. The Hall–Kier alpha value is -2.77. The topological polar surface area (TPSA) is 94.2 Å². The predicted octanol–water partition coefficient (Wildman–Crippen LogP) is 3.88. The fourth-order valence-corrected chi connectivity index (χ4v) is 2.26. The van der Waals surface area contributed by atoms with Crippen LogP contribution in [-0.2, 0) is 25.6 Å². The fraction of sp³-hybridized carbons (Fsp3) is 0.591. The molecule has 0 atom stereocenters. The molecule has 0 fully saturated rings. The molecule has 0 aromatic heterocycles. The summed E-state index contributed by atoms with van der Waals surface area (Å²) in [6.07, 6.45) is -1.13. The number of benzene rings is 1. The molecule has 0 heterocycles. The van der Waals surface area contributed by atoms with Crippen molar-refractivity contribution in [2.45, 2.75) is 65.8 Å². The van der Waals surface area contributed by atoms with Crippen LogP contribution < -0.4 is 5.32 Å². The lowest BCUT2D eigenvalue weighted by molar-refractivity contribution is -0.145. The number of nitrogens with zero attached hydrogens (tertiary/aromatic N) is 1. The number of alkyl carbamates (subject to hydrolysis) is 1. The van der Waals surface area contributed by atoms with E-state index in [1.807, 2.05) is 30.3 Å². The highest BCUT2D eigenvalue weighted by atomic mass is 16.6. The van der Waals surface area contributed by atoms with Crippen molar-refractivity contribution in [1.29, 1.82) is 0 Å². The van der Waals surface area contributed by atoms with Gasteiger partial charge in [0.05, 0.1) is 6.42 Å². The third kappa shape index (κ3) is 11.9. The standard InChI is InChI=1S/C22H34N2O6/c1-21(2,3)29-19(26)23-13-15-24(20(27)30-22(4,5)6)14-12-18(25)28-16-17-10-8-7-9-11-17/h7-11H,12-16H2,1-6H3,(H,23,26). The SMILES string of the molecule is CC(C)(C)OC(=O)NCCN(CCC(=O)OCc1ccccc1)C(=O)OC(C)(C)C. The number of hydrogen-bond acceptors (Lipinski definition) is 6. The van der Waals surface area contributed by atoms with Crippen molar-refractivity contribution in [2.24, 2.45) is 0 Å². The zero-order valence-corrected chi connectivity index (χ0v) is 18.8. The predicted molar refractivity (Wildman–Crippen MR) is 113 cm³/mol. The Kier molecular flexibility index (Phi) is 9.62. The maximum atomic E-state index is 12.5. The number of carbonyl (C=O) groups excluding carboxylic acids is 3. The van der Waals surface area contributed by atoms with Crippen LogP contribution >= 0.6 is 0 Å². The molecule has 1 N–H and O–H groups in total. The summed E-state index contributed by atoms with van der Waals surface area (Å²) in [6.45, 7) is 11.2. The van der Waals surface area contributed by atoms with E-state index in [2.05, 4.69) is 5.32 Å². The zero-order chi connectivity index (χ0) is 22.8. The smallest absolute Gasteiger partial charge is 0.410 e. The summed E-state index contributed by atoms with van der Waals surface area (Å²) < 4.78 is 15.8. The number of ether oxygens (including phenoxy) is 3. The lowest BCUT2D eigenvalue weighted by Crippen LogP contribution is -2.43. The lowest BCUT2D eigenvalue weighted by Gasteiger charge is -2.27. The van der Waals surface area contributed by atoms with Crippen LogP contribution in [0.4, 0.5) is 9.59 Å². The Labute approximate surface area is 178 Å². The molecule has 0 aliphatic rings. The minimum absolute atomic E-state index is 0.0124. The van der Waals surface area contributed by atoms with E-state index in [1.54, 1.807) is 41.5 Å². The van der Waals surface area contributed by atoms with Crippen LogP contribution in [0.15, 0.2) is 30.3 Å². The third-order valence-corrected chi connectivity index (χ3v) is 3.53. The molecule has 0 saturated carbocycles. The highest BCUT2D eigenvalue weighted by molar-refractivity contribution is 5.72. The molecule has 8 heteroatoms. The number of amides is 2. The van der Waals surface area contributed by atoms with E-state index in [1.165, 1.54) is 4.90 Å². The first-order valence-electron chi connectivity index (χ1n) is 10.00. The Morgan fingerprint density at radius 3 is 2.07 bits per heavy atom. The first-order valence-corrected chi connectivity index (χ1v) is 10.00. The van der Waals surface area contributed by atoms with Gasteiger partial charge in [-0.1, -0.05) is 30.3 Å². The van der Waals surface area contributed by atoms with Crippen molar-refractivity contribution in [1.82, 2.24) is 10.2 Å². The number of esters is 1. The summed E-state index contributed by atoms with van der Waals surface area (Å²) in [6, 6.07) is 9.34. The van der Waals surface area contributed by atoms with E-state index in [9.17, 15) is 14.4 Å². The number of carbonyl (C=O) groups is 3. The second-order valence-corrected chi connectivity index (χ2v) is 8.79. The largest absolute Gasteiger partial charge is 0.461 e. The van der Waals surface area contributed by atoms with Crippen LogP contribution in [0.25, 0.3) is 0 Å². The highest BCUT2D eigenvalue weighted by Crippen LogP contribution is 2.11. The Balaban J connectivity index is 2.55. The van der Waals surface area contributed by atoms with Crippen molar-refractivity contribution in [3.63, 3.8) is 0 Å². The minimum atomic E-state index is -0.679. The summed E-state index contributed by atoms with van der Waals surface area (Å²) in [5, 5.41) is 2.59. The van der Waals surface area contributed by atoms with Crippen molar-refractivity contribution in [3.05, 3.63) is 35.9 Å². The number of hydrogen-bond donors (Lipinski definition) is 1. The maximum absolute atomic E-state index is 12.5. The van der Waals surface area contributed by atoms with Gasteiger partial charge in [0.15, 0.2) is 0 Å². The third-order valence-electron chi connectivity index (χ3n) is 3.53. The number of nitrogens with one attached hydrogen (secondary N) is 1. The summed E-state index contributed by atoms with van der Waals surface area (Å²) >= 11 is 0. The Morgan fingerprint density at radius 2 is 1.50 bits per heavy atom. The molecular weight excluding hydrogens is 388 g/mol. The molecule has 0 aliphatic heterocycles. The van der Waals surface area contributed by atoms with Crippen molar-refractivity contribution >= 4 is 18.2 Å². The fourth-order valence-electron chi connectivity index (χ4n) is 2.26. The molecule has 0 aliphatic carbocycles. The summed E-state index contributed by atoms with van der Waals surface area (Å²) in [5.41, 5.74) is -0.407. The van der Waals surface area contributed by atoms with E-state index < -0.39 is 29.4 Å². The van der Waals surface area contributed by atoms with Gasteiger partial charge in [-0.05, 0) is 47.1 Å². The van der Waals surface area contributed by atoms with Crippen molar-refractivity contribution < 1.29 is 28.6 Å². The second-order valence-electron chi connectivity index (χ2n) is 8.79. The van der Waals surface area contributed by atoms with Gasteiger partial charge in [-0.2, -0.15) is 0 Å². The molecule has 2 amide bonds. The molecule has 1 rings (SSSR count). The van der Waals surface area contributed by atoms with E-state index in [-0.39, 0.29) is 32.7 Å². The molecule has 1 aromatic rings. The van der Waals surface area contributed by atoms with Gasteiger partial charge in [-0.15, -0.1) is 0 Å². The van der Waals surface area contributed by atoms with E-state index in [4.69, 9.17) is 14.2 Å². The van der Waals surface area contributed by atoms with Crippen LogP contribution in [0.2, 0.25) is 0 Å². The summed E-state index contributed by atoms with van der Waals surface area (Å²) in [5.74, 6) is -0.424. The molecular formula is C22H34N2O6. The second kappa shape index (κ2) is 11.4. The minimum Gasteiger partial charge on any atom is -0.461 e. The first kappa shape index (κ1) is 25.3. The van der Waals surface area contributed by atoms with Crippen molar-refractivity contribution in [3.8, 4) is 0 Å². The van der Waals surface area contributed by atoms with Crippen molar-refractivity contribution in [2.75, 3.05) is 19.6 Å². The number of rotatable bonds is 8. The van der Waals surface area contributed by atoms with E-state index in [0.29, 0.717) is 0 Å². The van der Waals surface area contributed by atoms with Crippen LogP contribution in [0.3, 0.4) is 0 Å². The zero-order valence-electron chi connectivity index (χ0n) is 18.8. The van der Waals surface area contributed by atoms with Gasteiger partial charge < -0.3 is 24.4 Å². The van der Waals surface area contributed by atoms with Crippen LogP contribution in [-0.4, -0.2) is 53.9 Å². The van der Waals surface area contributed by atoms with Crippen LogP contribution in [0, 0.1) is 0 Å². The summed E-state index contributed by atoms with van der Waals surface area (Å²) in [7, 11) is 0. The van der Waals surface area contributed by atoms with Gasteiger partial charge in [-0.25, -0.2) is 9.59 Å². The normalized spacial score (nSPS) is 11.4. The molecule has 0 radical (unpaired) electrons. The van der Waals surface area contributed by atoms with Gasteiger partial charge in [0.2, 0.25) is 0 Å². The maximum Gasteiger partial charge on any atom is 0.410 e. The van der Waals surface area contributed by atoms with Crippen LogP contribution in [0.5, 0.6) is 0 Å². The molecule has 8 nitrogen and oxygen atoms in total. The summed E-state index contributed by atoms with van der Waals surface area (Å²) in [4.78, 5) is 37.7. The molecule has 30 heavy (non-hydrogen) atoms. The van der Waals surface area contributed by atoms with Gasteiger partial charge in [0, 0.05) is 19.6 Å². The Bertz CT molecular complexity index is 692. The molecule has 0 spiro atoms. The van der Waals surface area contributed by atoms with Gasteiger partial charge in [-0.3, -0.25) is 4.79 Å². The molecule has 0 saturated heterocycles. The highest BCUT2D eigenvalue weighted by Gasteiger charge is 2.23. The van der Waals surface area contributed by atoms with Gasteiger partial charge >= 0.3 is 18.2 Å². The Morgan fingerprint density at radius 1 is 0.900 bits per heavy atom. The quantitative estimate of drug-likeness (QED) is 0.505. The van der Waals surface area contributed by atoms with E-state index in [0.717, 1.165) is 5.56 Å². The van der Waals surface area contributed by atoms with E-state index >= 15 is 0 Å². The lowest BCUT2D eigenvalue weighted by atomic mass is 10.2. The average Bonchev–Trinajstić information content (AvgIpc) is 2.60. The molecule has 0 unspecified atom stereocenters. The molecule has 0 bridgehead atoms. The molecule has 1 aromatic carbocycles. The van der Waals surface area contributed by atoms with Gasteiger partial charge in [0.25, 0.3) is 0 Å².